The number of hydrogen-bond donors (Lipinski definition) is 1. The number of carbonyl (C=O) groups is 1. The molecule has 2 rings (SSSR count). The molecular formula is C7H7N3O2S. The van der Waals surface area contributed by atoms with E-state index < -0.39 is 5.97 Å². The minimum atomic E-state index is -1.02. The van der Waals surface area contributed by atoms with Crippen LogP contribution in [0.3, 0.4) is 0 Å². The van der Waals surface area contributed by atoms with Gasteiger partial charge >= 0.3 is 5.97 Å². The van der Waals surface area contributed by atoms with Gasteiger partial charge in [0.15, 0.2) is 5.69 Å². The number of carboxylic acid groups (broad SMARTS) is 1. The zero-order valence-corrected chi connectivity index (χ0v) is 7.71. The molecule has 0 unspecified atom stereocenters. The number of rotatable bonds is 2. The van der Waals surface area contributed by atoms with Gasteiger partial charge in [-0.15, -0.1) is 0 Å². The Morgan fingerprint density at radius 1 is 1.77 bits per heavy atom. The molecule has 1 N–H and O–H groups in total. The summed E-state index contributed by atoms with van der Waals surface area (Å²) in [5, 5.41) is 13.7. The van der Waals surface area contributed by atoms with Crippen molar-refractivity contribution in [3.05, 3.63) is 16.9 Å². The second-order valence-electron chi connectivity index (χ2n) is 2.51. The third-order valence-electron chi connectivity index (χ3n) is 1.61. The zero-order valence-electron chi connectivity index (χ0n) is 6.89. The van der Waals surface area contributed by atoms with E-state index in [4.69, 9.17) is 5.11 Å². The molecule has 6 heteroatoms. The van der Waals surface area contributed by atoms with Crippen LogP contribution < -0.4 is 0 Å². The maximum Gasteiger partial charge on any atom is 0.356 e. The van der Waals surface area contributed by atoms with Crippen LogP contribution in [0, 0.1) is 0 Å². The van der Waals surface area contributed by atoms with Crippen LogP contribution >= 0.6 is 11.3 Å². The van der Waals surface area contributed by atoms with E-state index in [1.165, 1.54) is 22.0 Å². The second-order valence-corrected chi connectivity index (χ2v) is 3.55. The molecule has 2 aromatic rings. The maximum absolute atomic E-state index is 10.5. The molecule has 0 fully saturated rings. The van der Waals surface area contributed by atoms with Gasteiger partial charge in [0.2, 0.25) is 4.96 Å². The smallest absolute Gasteiger partial charge is 0.356 e. The van der Waals surface area contributed by atoms with E-state index in [0.29, 0.717) is 4.96 Å². The molecule has 13 heavy (non-hydrogen) atoms. The topological polar surface area (TPSA) is 67.5 Å². The van der Waals surface area contributed by atoms with E-state index in [1.54, 1.807) is 0 Å². The highest BCUT2D eigenvalue weighted by Gasteiger charge is 2.11. The molecule has 0 aliphatic rings. The van der Waals surface area contributed by atoms with Gasteiger partial charge in [-0.2, -0.15) is 5.10 Å². The first kappa shape index (κ1) is 8.18. The third-order valence-corrected chi connectivity index (χ3v) is 2.67. The number of imidazole rings is 1. The fourth-order valence-corrected chi connectivity index (χ4v) is 1.80. The van der Waals surface area contributed by atoms with Crippen LogP contribution in [0.5, 0.6) is 0 Å². The monoisotopic (exact) mass is 197 g/mol. The molecule has 0 aliphatic carbocycles. The summed E-state index contributed by atoms with van der Waals surface area (Å²) in [5.41, 5.74) is 0.0430. The summed E-state index contributed by atoms with van der Waals surface area (Å²) in [6.07, 6.45) is 2.27. The molecule has 5 nitrogen and oxygen atoms in total. The SMILES string of the molecule is CCc1nn2cc(C(=O)O)nc2s1. The van der Waals surface area contributed by atoms with Crippen molar-refractivity contribution in [3.8, 4) is 0 Å². The number of fused-ring (bicyclic) bond motifs is 1. The van der Waals surface area contributed by atoms with Crippen molar-refractivity contribution < 1.29 is 9.90 Å². The lowest BCUT2D eigenvalue weighted by Gasteiger charge is -1.82. The fraction of sp³-hybridized carbons (Fsp3) is 0.286. The second kappa shape index (κ2) is 2.81. The average Bonchev–Trinajstić information content (AvgIpc) is 2.58. The molecule has 0 aliphatic heterocycles. The van der Waals surface area contributed by atoms with Gasteiger partial charge in [-0.25, -0.2) is 14.3 Å². The highest BCUT2D eigenvalue weighted by Crippen LogP contribution is 2.14. The Kier molecular flexibility index (Phi) is 1.77. The molecule has 0 bridgehead atoms. The van der Waals surface area contributed by atoms with Crippen LogP contribution in [-0.2, 0) is 6.42 Å². The van der Waals surface area contributed by atoms with E-state index in [9.17, 15) is 4.79 Å². The first-order valence-corrected chi connectivity index (χ1v) is 4.60. The summed E-state index contributed by atoms with van der Waals surface area (Å²) < 4.78 is 1.51. The summed E-state index contributed by atoms with van der Waals surface area (Å²) in [4.78, 5) is 15.1. The molecule has 0 radical (unpaired) electrons. The summed E-state index contributed by atoms with van der Waals surface area (Å²) in [6, 6.07) is 0. The Bertz CT molecular complexity index is 428. The summed E-state index contributed by atoms with van der Waals surface area (Å²) in [5.74, 6) is -1.02. The number of aryl methyl sites for hydroxylation is 1. The van der Waals surface area contributed by atoms with Crippen molar-refractivity contribution >= 4 is 22.3 Å². The molecule has 2 aromatic heterocycles. The lowest BCUT2D eigenvalue weighted by molar-refractivity contribution is 0.0691. The van der Waals surface area contributed by atoms with E-state index >= 15 is 0 Å². The number of aromatic nitrogens is 3. The molecule has 0 saturated carbocycles. The molecule has 68 valence electrons. The van der Waals surface area contributed by atoms with E-state index in [2.05, 4.69) is 10.1 Å². The van der Waals surface area contributed by atoms with Crippen LogP contribution in [0.25, 0.3) is 4.96 Å². The van der Waals surface area contributed by atoms with Crippen LogP contribution in [0.1, 0.15) is 22.4 Å². The Balaban J connectivity index is 2.54. The summed E-state index contributed by atoms with van der Waals surface area (Å²) in [6.45, 7) is 2.00. The van der Waals surface area contributed by atoms with Gasteiger partial charge in [0.05, 0.1) is 6.20 Å². The lowest BCUT2D eigenvalue weighted by atomic mass is 10.5. The van der Waals surface area contributed by atoms with Crippen LogP contribution in [0.15, 0.2) is 6.20 Å². The van der Waals surface area contributed by atoms with Crippen molar-refractivity contribution in [2.45, 2.75) is 13.3 Å². The van der Waals surface area contributed by atoms with Gasteiger partial charge < -0.3 is 5.11 Å². The summed E-state index contributed by atoms with van der Waals surface area (Å²) in [7, 11) is 0. The summed E-state index contributed by atoms with van der Waals surface area (Å²) >= 11 is 1.41. The van der Waals surface area contributed by atoms with Crippen LogP contribution in [0.2, 0.25) is 0 Å². The zero-order chi connectivity index (χ0) is 9.42. The largest absolute Gasteiger partial charge is 0.476 e. The predicted octanol–water partition coefficient (Wildman–Crippen LogP) is 1.05. The van der Waals surface area contributed by atoms with Gasteiger partial charge in [-0.3, -0.25) is 0 Å². The highest BCUT2D eigenvalue weighted by molar-refractivity contribution is 7.16. The number of aromatic carboxylic acids is 1. The Labute approximate surface area is 77.6 Å². The van der Waals surface area contributed by atoms with Gasteiger partial charge in [0.25, 0.3) is 0 Å². The highest BCUT2D eigenvalue weighted by atomic mass is 32.1. The molecule has 0 spiro atoms. The normalized spacial score (nSPS) is 10.8. The van der Waals surface area contributed by atoms with Crippen molar-refractivity contribution in [1.82, 2.24) is 14.6 Å². The lowest BCUT2D eigenvalue weighted by Crippen LogP contribution is -1.95. The molecule has 0 aromatic carbocycles. The van der Waals surface area contributed by atoms with Crippen molar-refractivity contribution in [3.63, 3.8) is 0 Å². The first-order chi connectivity index (χ1) is 6.20. The van der Waals surface area contributed by atoms with E-state index in [1.807, 2.05) is 6.92 Å². The van der Waals surface area contributed by atoms with Gasteiger partial charge in [0.1, 0.15) is 5.01 Å². The van der Waals surface area contributed by atoms with Gasteiger partial charge in [-0.1, -0.05) is 18.3 Å². The average molecular weight is 197 g/mol. The number of nitrogens with zero attached hydrogens (tertiary/aromatic N) is 3. The minimum absolute atomic E-state index is 0.0430. The number of hydrogen-bond acceptors (Lipinski definition) is 4. The first-order valence-electron chi connectivity index (χ1n) is 3.79. The van der Waals surface area contributed by atoms with Gasteiger partial charge in [0, 0.05) is 0 Å². The minimum Gasteiger partial charge on any atom is -0.476 e. The number of carboxylic acids is 1. The van der Waals surface area contributed by atoms with Crippen molar-refractivity contribution in [1.29, 1.82) is 0 Å². The molecular weight excluding hydrogens is 190 g/mol. The quantitative estimate of drug-likeness (QED) is 0.781. The van der Waals surface area contributed by atoms with E-state index in [0.717, 1.165) is 11.4 Å². The third kappa shape index (κ3) is 1.29. The predicted molar refractivity (Wildman–Crippen MR) is 47.2 cm³/mol. The molecule has 0 atom stereocenters. The maximum atomic E-state index is 10.5. The fourth-order valence-electron chi connectivity index (χ4n) is 0.987. The molecule has 0 saturated heterocycles. The van der Waals surface area contributed by atoms with Crippen molar-refractivity contribution in [2.75, 3.05) is 0 Å². The Morgan fingerprint density at radius 3 is 3.08 bits per heavy atom. The molecule has 2 heterocycles. The molecule has 0 amide bonds. The van der Waals surface area contributed by atoms with Gasteiger partial charge in [-0.05, 0) is 6.42 Å². The Hall–Kier alpha value is -1.43. The standard InChI is InChI=1S/C7H7N3O2S/c1-2-5-9-10-3-4(6(11)12)8-7(10)13-5/h3H,2H2,1H3,(H,11,12). The van der Waals surface area contributed by atoms with Crippen molar-refractivity contribution in [2.24, 2.45) is 0 Å². The Morgan fingerprint density at radius 2 is 2.54 bits per heavy atom. The van der Waals surface area contributed by atoms with Crippen LogP contribution in [-0.4, -0.2) is 25.7 Å². The van der Waals surface area contributed by atoms with Crippen LogP contribution in [0.4, 0.5) is 0 Å². The van der Waals surface area contributed by atoms with E-state index in [-0.39, 0.29) is 5.69 Å².